The van der Waals surface area contributed by atoms with Crippen LogP contribution in [0, 0.1) is 0 Å². The molecule has 0 spiro atoms. The van der Waals surface area contributed by atoms with E-state index in [9.17, 15) is 5.21 Å². The second kappa shape index (κ2) is 6.40. The molecule has 0 fully saturated rings. The average Bonchev–Trinajstić information content (AvgIpc) is 2.44. The Labute approximate surface area is 113 Å². The predicted molar refractivity (Wildman–Crippen MR) is 77.6 cm³/mol. The smallest absolute Gasteiger partial charge is 0.217 e. The second-order valence-electron chi connectivity index (χ2n) is 4.32. The quantitative estimate of drug-likeness (QED) is 0.751. The van der Waals surface area contributed by atoms with Crippen LogP contribution in [0.4, 0.5) is 11.4 Å². The number of fused-ring (bicyclic) bond motifs is 1. The van der Waals surface area contributed by atoms with Gasteiger partial charge >= 0.3 is 0 Å². The Bertz CT molecular complexity index is 444. The molecular formula is C13H21N5O. The predicted octanol–water partition coefficient (Wildman–Crippen LogP) is 1.51. The molecule has 0 aliphatic carbocycles. The molecule has 1 aromatic rings. The highest BCUT2D eigenvalue weighted by Crippen LogP contribution is 2.25. The molecule has 1 heterocycles. The van der Waals surface area contributed by atoms with E-state index in [0.717, 1.165) is 30.5 Å². The highest BCUT2D eigenvalue weighted by atomic mass is 16.5. The molecule has 0 radical (unpaired) electrons. The molecule has 0 unspecified atom stereocenters. The van der Waals surface area contributed by atoms with Gasteiger partial charge in [-0.05, 0) is 25.2 Å². The van der Waals surface area contributed by atoms with Gasteiger partial charge in [-0.1, -0.05) is 26.0 Å². The molecule has 104 valence electrons. The number of guanidine groups is 1. The largest absolute Gasteiger partial charge is 0.323 e. The van der Waals surface area contributed by atoms with Crippen LogP contribution in [0.25, 0.3) is 0 Å². The molecule has 6 nitrogen and oxygen atoms in total. The number of aliphatic imine (C=N–C) groups is 1. The number of nitrogens with zero attached hydrogens (tertiary/aromatic N) is 3. The van der Waals surface area contributed by atoms with E-state index in [0.29, 0.717) is 18.2 Å². The number of hydrazine groups is 1. The summed E-state index contributed by atoms with van der Waals surface area (Å²) in [5, 5.41) is 14.0. The van der Waals surface area contributed by atoms with Gasteiger partial charge in [0.15, 0.2) is 0 Å². The number of anilines is 2. The van der Waals surface area contributed by atoms with Gasteiger partial charge in [0.25, 0.3) is 0 Å². The number of hydrogen-bond donors (Lipinski definition) is 3. The van der Waals surface area contributed by atoms with Crippen molar-refractivity contribution in [3.05, 3.63) is 24.3 Å². The molecule has 0 saturated carbocycles. The van der Waals surface area contributed by atoms with E-state index in [4.69, 9.17) is 0 Å². The summed E-state index contributed by atoms with van der Waals surface area (Å²) in [5.41, 5.74) is 4.32. The lowest BCUT2D eigenvalue weighted by molar-refractivity contribution is 0.234. The zero-order valence-corrected chi connectivity index (χ0v) is 11.4. The molecule has 3 N–H and O–H groups in total. The molecule has 1 aromatic carbocycles. The third-order valence-corrected chi connectivity index (χ3v) is 3.18. The third kappa shape index (κ3) is 3.36. The minimum atomic E-state index is 0.563. The van der Waals surface area contributed by atoms with Crippen molar-refractivity contribution < 1.29 is 5.21 Å². The molecule has 1 aliphatic heterocycles. The number of nitrogens with one attached hydrogen (secondary N) is 2. The summed E-state index contributed by atoms with van der Waals surface area (Å²) >= 11 is 0. The SMILES string of the molecule is CCN(CC)CCN=C1Nc2ccccc2N(O)N1. The Morgan fingerprint density at radius 1 is 1.26 bits per heavy atom. The van der Waals surface area contributed by atoms with Crippen molar-refractivity contribution in [1.82, 2.24) is 10.3 Å². The van der Waals surface area contributed by atoms with Crippen molar-refractivity contribution in [2.45, 2.75) is 13.8 Å². The normalized spacial score (nSPS) is 16.2. The first-order chi connectivity index (χ1) is 9.24. The zero-order chi connectivity index (χ0) is 13.7. The number of hydrogen-bond acceptors (Lipinski definition) is 4. The lowest BCUT2D eigenvalue weighted by Crippen LogP contribution is -2.47. The maximum atomic E-state index is 9.82. The molecule has 0 aromatic heterocycles. The number of rotatable bonds is 5. The van der Waals surface area contributed by atoms with Gasteiger partial charge in [-0.2, -0.15) is 5.17 Å². The summed E-state index contributed by atoms with van der Waals surface area (Å²) in [4.78, 5) is 6.72. The van der Waals surface area contributed by atoms with E-state index in [1.54, 1.807) is 0 Å². The van der Waals surface area contributed by atoms with Crippen LogP contribution in [0.5, 0.6) is 0 Å². The molecular weight excluding hydrogens is 242 g/mol. The van der Waals surface area contributed by atoms with Crippen LogP contribution < -0.4 is 15.9 Å². The van der Waals surface area contributed by atoms with Gasteiger partial charge in [-0.3, -0.25) is 10.2 Å². The minimum Gasteiger partial charge on any atom is -0.323 e. The summed E-state index contributed by atoms with van der Waals surface area (Å²) in [7, 11) is 0. The van der Waals surface area contributed by atoms with E-state index < -0.39 is 0 Å². The summed E-state index contributed by atoms with van der Waals surface area (Å²) in [6.45, 7) is 7.92. The summed E-state index contributed by atoms with van der Waals surface area (Å²) in [6, 6.07) is 7.51. The van der Waals surface area contributed by atoms with E-state index in [1.807, 2.05) is 24.3 Å². The van der Waals surface area contributed by atoms with Gasteiger partial charge in [-0.15, -0.1) is 0 Å². The number of likely N-dealkylation sites (N-methyl/N-ethyl adjacent to an activating group) is 1. The molecule has 2 rings (SSSR count). The Morgan fingerprint density at radius 2 is 2.00 bits per heavy atom. The fourth-order valence-electron chi connectivity index (χ4n) is 2.00. The molecule has 0 atom stereocenters. The third-order valence-electron chi connectivity index (χ3n) is 3.18. The van der Waals surface area contributed by atoms with Gasteiger partial charge in [0.05, 0.1) is 12.2 Å². The van der Waals surface area contributed by atoms with Crippen molar-refractivity contribution >= 4 is 17.3 Å². The van der Waals surface area contributed by atoms with Gasteiger partial charge in [0.2, 0.25) is 5.96 Å². The summed E-state index contributed by atoms with van der Waals surface area (Å²) in [6.07, 6.45) is 0. The molecule has 0 amide bonds. The Hall–Kier alpha value is -1.79. The molecule has 19 heavy (non-hydrogen) atoms. The Kier molecular flexibility index (Phi) is 4.59. The van der Waals surface area contributed by atoms with Crippen LogP contribution in [0.1, 0.15) is 13.8 Å². The molecule has 1 aliphatic rings. The Balaban J connectivity index is 1.97. The van der Waals surface area contributed by atoms with Crippen molar-refractivity contribution in [3.63, 3.8) is 0 Å². The first-order valence-electron chi connectivity index (χ1n) is 6.63. The Morgan fingerprint density at radius 3 is 2.74 bits per heavy atom. The molecule has 6 heteroatoms. The monoisotopic (exact) mass is 263 g/mol. The van der Waals surface area contributed by atoms with Crippen LogP contribution >= 0.6 is 0 Å². The van der Waals surface area contributed by atoms with Gasteiger partial charge in [0, 0.05) is 6.54 Å². The highest BCUT2D eigenvalue weighted by molar-refractivity contribution is 6.00. The van der Waals surface area contributed by atoms with Crippen molar-refractivity contribution in [3.8, 4) is 0 Å². The highest BCUT2D eigenvalue weighted by Gasteiger charge is 2.17. The topological polar surface area (TPSA) is 63.1 Å². The van der Waals surface area contributed by atoms with E-state index in [1.165, 1.54) is 0 Å². The number of benzene rings is 1. The van der Waals surface area contributed by atoms with Gasteiger partial charge in [-0.25, -0.2) is 5.43 Å². The van der Waals surface area contributed by atoms with Crippen LogP contribution in [0.2, 0.25) is 0 Å². The minimum absolute atomic E-state index is 0.563. The van der Waals surface area contributed by atoms with Crippen molar-refractivity contribution in [2.24, 2.45) is 4.99 Å². The standard InChI is InChI=1S/C13H21N5O/c1-3-17(4-2)10-9-14-13-15-11-7-5-6-8-12(11)18(19)16-13/h5-8,19H,3-4,9-10H2,1-2H3,(H2,14,15,16). The van der Waals surface area contributed by atoms with Gasteiger partial charge in [0.1, 0.15) is 5.69 Å². The fourth-order valence-corrected chi connectivity index (χ4v) is 2.00. The van der Waals surface area contributed by atoms with E-state index in [-0.39, 0.29) is 0 Å². The van der Waals surface area contributed by atoms with Crippen LogP contribution in [0.15, 0.2) is 29.3 Å². The summed E-state index contributed by atoms with van der Waals surface area (Å²) < 4.78 is 0. The van der Waals surface area contributed by atoms with Crippen LogP contribution in [-0.4, -0.2) is 42.2 Å². The first kappa shape index (κ1) is 13.6. The fraction of sp³-hybridized carbons (Fsp3) is 0.462. The molecule has 0 bridgehead atoms. The van der Waals surface area contributed by atoms with Crippen molar-refractivity contribution in [1.29, 1.82) is 0 Å². The second-order valence-corrected chi connectivity index (χ2v) is 4.32. The lowest BCUT2D eigenvalue weighted by Gasteiger charge is -2.28. The summed E-state index contributed by atoms with van der Waals surface area (Å²) in [5.74, 6) is 0.563. The average molecular weight is 263 g/mol. The van der Waals surface area contributed by atoms with Crippen LogP contribution in [0.3, 0.4) is 0 Å². The van der Waals surface area contributed by atoms with Gasteiger partial charge < -0.3 is 10.2 Å². The van der Waals surface area contributed by atoms with Crippen LogP contribution in [-0.2, 0) is 0 Å². The lowest BCUT2D eigenvalue weighted by atomic mass is 10.2. The molecule has 0 saturated heterocycles. The van der Waals surface area contributed by atoms with E-state index >= 15 is 0 Å². The first-order valence-corrected chi connectivity index (χ1v) is 6.63. The number of para-hydroxylation sites is 2. The van der Waals surface area contributed by atoms with Crippen molar-refractivity contribution in [2.75, 3.05) is 36.7 Å². The van der Waals surface area contributed by atoms with E-state index in [2.05, 4.69) is 34.5 Å². The zero-order valence-electron chi connectivity index (χ0n) is 11.4. The maximum Gasteiger partial charge on any atom is 0.217 e. The maximum absolute atomic E-state index is 9.82.